The summed E-state index contributed by atoms with van der Waals surface area (Å²) in [4.78, 5) is 0. The van der Waals surface area contributed by atoms with Crippen LogP contribution in [-0.2, 0) is 6.42 Å². The van der Waals surface area contributed by atoms with Gasteiger partial charge in [0.1, 0.15) is 0 Å². The molecule has 16 heavy (non-hydrogen) atoms. The van der Waals surface area contributed by atoms with Crippen molar-refractivity contribution in [2.75, 3.05) is 18.6 Å². The van der Waals surface area contributed by atoms with Gasteiger partial charge in [0, 0.05) is 15.4 Å². The van der Waals surface area contributed by atoms with Crippen molar-refractivity contribution in [3.05, 3.63) is 33.4 Å². The summed E-state index contributed by atoms with van der Waals surface area (Å²) in [6.45, 7) is 2.24. The Bertz CT molecular complexity index is 286. The lowest BCUT2D eigenvalue weighted by Crippen LogP contribution is -2.30. The van der Waals surface area contributed by atoms with Crippen molar-refractivity contribution in [2.45, 2.75) is 25.8 Å². The lowest BCUT2D eigenvalue weighted by molar-refractivity contribution is 0.617. The fourth-order valence-electron chi connectivity index (χ4n) is 1.52. The normalized spacial score (nSPS) is 12.7. The van der Waals surface area contributed by atoms with Gasteiger partial charge in [-0.15, -0.1) is 0 Å². The van der Waals surface area contributed by atoms with Gasteiger partial charge in [-0.25, -0.2) is 0 Å². The molecular weight excluding hydrogens is 329 g/mol. The van der Waals surface area contributed by atoms with Gasteiger partial charge in [0.25, 0.3) is 0 Å². The minimum Gasteiger partial charge on any atom is -0.316 e. The zero-order valence-corrected chi connectivity index (χ0v) is 13.0. The number of rotatable bonds is 7. The van der Waals surface area contributed by atoms with Crippen LogP contribution >= 0.6 is 34.4 Å². The van der Waals surface area contributed by atoms with Gasteiger partial charge in [0.2, 0.25) is 0 Å². The van der Waals surface area contributed by atoms with Crippen molar-refractivity contribution in [3.63, 3.8) is 0 Å². The maximum absolute atomic E-state index is 3.40. The minimum atomic E-state index is 0.594. The topological polar surface area (TPSA) is 12.0 Å². The average Bonchev–Trinajstić information content (AvgIpc) is 2.31. The Morgan fingerprint density at radius 3 is 2.56 bits per heavy atom. The smallest absolute Gasteiger partial charge is 0.0195 e. The van der Waals surface area contributed by atoms with E-state index in [0.29, 0.717) is 6.04 Å². The molecule has 90 valence electrons. The minimum absolute atomic E-state index is 0.594. The second kappa shape index (κ2) is 8.37. The van der Waals surface area contributed by atoms with Crippen LogP contribution in [-0.4, -0.2) is 24.6 Å². The molecule has 0 aromatic heterocycles. The van der Waals surface area contributed by atoms with Crippen LogP contribution in [0.25, 0.3) is 0 Å². The summed E-state index contributed by atoms with van der Waals surface area (Å²) in [5.41, 5.74) is 1.43. The number of halogens is 1. The molecule has 1 rings (SSSR count). The summed E-state index contributed by atoms with van der Waals surface area (Å²) < 4.78 is 1.31. The van der Waals surface area contributed by atoms with E-state index in [1.807, 2.05) is 11.8 Å². The fraction of sp³-hybridized carbons (Fsp3) is 0.538. The van der Waals surface area contributed by atoms with E-state index in [-0.39, 0.29) is 0 Å². The van der Waals surface area contributed by atoms with E-state index in [1.165, 1.54) is 27.1 Å². The largest absolute Gasteiger partial charge is 0.316 e. The molecule has 1 nitrogen and oxygen atoms in total. The molecule has 0 saturated heterocycles. The Hall–Kier alpha value is 0.260. The second-order valence-corrected chi connectivity index (χ2v) is 6.29. The van der Waals surface area contributed by atoms with Gasteiger partial charge in [-0.05, 0) is 65.9 Å². The highest BCUT2D eigenvalue weighted by molar-refractivity contribution is 14.1. The number of likely N-dealkylation sites (N-methyl/N-ethyl adjacent to an activating group) is 1. The molecule has 1 atom stereocenters. The highest BCUT2D eigenvalue weighted by atomic mass is 127. The standard InChI is InChI=1S/C13H20INS/c1-3-8-16-10-13(15-2)9-11-4-6-12(14)7-5-11/h4-7,13,15H,3,8-10H2,1-2H3. The van der Waals surface area contributed by atoms with Gasteiger partial charge < -0.3 is 5.32 Å². The Labute approximate surface area is 117 Å². The van der Waals surface area contributed by atoms with Gasteiger partial charge in [-0.2, -0.15) is 11.8 Å². The Morgan fingerprint density at radius 1 is 1.31 bits per heavy atom. The first-order valence-corrected chi connectivity index (χ1v) is 7.99. The molecule has 1 aromatic carbocycles. The maximum atomic E-state index is 3.40. The van der Waals surface area contributed by atoms with E-state index in [0.717, 1.165) is 6.42 Å². The molecule has 0 spiro atoms. The number of nitrogens with one attached hydrogen (secondary N) is 1. The Morgan fingerprint density at radius 2 is 2.00 bits per heavy atom. The SMILES string of the molecule is CCCSCC(Cc1ccc(I)cc1)NC. The molecule has 3 heteroatoms. The number of benzene rings is 1. The van der Waals surface area contributed by atoms with Crippen LogP contribution < -0.4 is 5.32 Å². The van der Waals surface area contributed by atoms with Gasteiger partial charge in [0.05, 0.1) is 0 Å². The molecule has 1 unspecified atom stereocenters. The van der Waals surface area contributed by atoms with E-state index in [4.69, 9.17) is 0 Å². The molecule has 0 amide bonds. The summed E-state index contributed by atoms with van der Waals surface area (Å²) in [7, 11) is 2.06. The lowest BCUT2D eigenvalue weighted by Gasteiger charge is -2.15. The van der Waals surface area contributed by atoms with Gasteiger partial charge in [-0.3, -0.25) is 0 Å². The molecule has 0 bridgehead atoms. The van der Waals surface area contributed by atoms with Crippen molar-refractivity contribution in [1.82, 2.24) is 5.32 Å². The Kier molecular flexibility index (Phi) is 7.49. The predicted octanol–water partition coefficient (Wildman–Crippen LogP) is 3.56. The van der Waals surface area contributed by atoms with Crippen LogP contribution in [0.4, 0.5) is 0 Å². The highest BCUT2D eigenvalue weighted by Gasteiger charge is 2.06. The number of hydrogen-bond donors (Lipinski definition) is 1. The highest BCUT2D eigenvalue weighted by Crippen LogP contribution is 2.12. The number of thioether (sulfide) groups is 1. The van der Waals surface area contributed by atoms with Crippen molar-refractivity contribution in [2.24, 2.45) is 0 Å². The molecule has 0 heterocycles. The third-order valence-electron chi connectivity index (χ3n) is 2.47. The Balaban J connectivity index is 2.40. The first-order chi connectivity index (χ1) is 7.76. The van der Waals surface area contributed by atoms with Crippen LogP contribution in [0.3, 0.4) is 0 Å². The van der Waals surface area contributed by atoms with E-state index in [9.17, 15) is 0 Å². The van der Waals surface area contributed by atoms with Crippen LogP contribution in [0.2, 0.25) is 0 Å². The third-order valence-corrected chi connectivity index (χ3v) is 4.53. The fourth-order valence-corrected chi connectivity index (χ4v) is 2.90. The molecular formula is C13H20INS. The van der Waals surface area contributed by atoms with Crippen LogP contribution in [0.15, 0.2) is 24.3 Å². The van der Waals surface area contributed by atoms with Crippen LogP contribution in [0.5, 0.6) is 0 Å². The van der Waals surface area contributed by atoms with Crippen molar-refractivity contribution in [1.29, 1.82) is 0 Å². The monoisotopic (exact) mass is 349 g/mol. The second-order valence-electron chi connectivity index (χ2n) is 3.89. The molecule has 0 aliphatic rings. The quantitative estimate of drug-likeness (QED) is 0.597. The summed E-state index contributed by atoms with van der Waals surface area (Å²) in [6.07, 6.45) is 2.40. The molecule has 1 N–H and O–H groups in total. The lowest BCUT2D eigenvalue weighted by atomic mass is 10.1. The van der Waals surface area contributed by atoms with Crippen molar-refractivity contribution < 1.29 is 0 Å². The zero-order valence-electron chi connectivity index (χ0n) is 10.0. The summed E-state index contributed by atoms with van der Waals surface area (Å²) in [5, 5.41) is 3.40. The molecule has 0 aliphatic heterocycles. The molecule has 0 saturated carbocycles. The summed E-state index contributed by atoms with van der Waals surface area (Å²) >= 11 is 4.39. The number of hydrogen-bond acceptors (Lipinski definition) is 2. The van der Waals surface area contributed by atoms with Crippen LogP contribution in [0, 0.1) is 3.57 Å². The van der Waals surface area contributed by atoms with E-state index >= 15 is 0 Å². The molecule has 1 aromatic rings. The maximum Gasteiger partial charge on any atom is 0.0195 e. The van der Waals surface area contributed by atoms with Crippen molar-refractivity contribution >= 4 is 34.4 Å². The molecule has 0 aliphatic carbocycles. The van der Waals surface area contributed by atoms with Crippen LogP contribution in [0.1, 0.15) is 18.9 Å². The predicted molar refractivity (Wildman–Crippen MR) is 83.3 cm³/mol. The first kappa shape index (κ1) is 14.3. The van der Waals surface area contributed by atoms with Gasteiger partial charge in [0.15, 0.2) is 0 Å². The zero-order chi connectivity index (χ0) is 11.8. The third kappa shape index (κ3) is 5.55. The molecule has 0 fully saturated rings. The van der Waals surface area contributed by atoms with E-state index in [2.05, 4.69) is 66.1 Å². The first-order valence-electron chi connectivity index (χ1n) is 5.75. The van der Waals surface area contributed by atoms with E-state index < -0.39 is 0 Å². The van der Waals surface area contributed by atoms with Gasteiger partial charge >= 0.3 is 0 Å². The molecule has 0 radical (unpaired) electrons. The summed E-state index contributed by atoms with van der Waals surface area (Å²) in [6, 6.07) is 9.42. The average molecular weight is 349 g/mol. The van der Waals surface area contributed by atoms with Gasteiger partial charge in [-0.1, -0.05) is 19.1 Å². The van der Waals surface area contributed by atoms with Crippen molar-refractivity contribution in [3.8, 4) is 0 Å². The van der Waals surface area contributed by atoms with E-state index in [1.54, 1.807) is 0 Å². The summed E-state index contributed by atoms with van der Waals surface area (Å²) in [5.74, 6) is 2.47.